The zero-order chi connectivity index (χ0) is 15.6. The summed E-state index contributed by atoms with van der Waals surface area (Å²) >= 11 is 5.79. The molecule has 1 fully saturated rings. The number of carboxylic acid groups (broad SMARTS) is 1. The van der Waals surface area contributed by atoms with Gasteiger partial charge in [-0.05, 0) is 37.0 Å². The molecule has 0 bridgehead atoms. The van der Waals surface area contributed by atoms with Crippen LogP contribution in [-0.4, -0.2) is 37.2 Å². The number of rotatable bonds is 5. The lowest BCUT2D eigenvalue weighted by molar-refractivity contribution is 0.0697. The predicted octanol–water partition coefficient (Wildman–Crippen LogP) is 1.48. The second-order valence-corrected chi connectivity index (χ2v) is 7.17. The highest BCUT2D eigenvalue weighted by molar-refractivity contribution is 7.89. The van der Waals surface area contributed by atoms with Crippen LogP contribution in [0.3, 0.4) is 0 Å². The van der Waals surface area contributed by atoms with E-state index >= 15 is 0 Å². The van der Waals surface area contributed by atoms with Crippen LogP contribution >= 0.6 is 11.6 Å². The molecule has 8 heteroatoms. The van der Waals surface area contributed by atoms with Crippen molar-refractivity contribution in [2.45, 2.75) is 30.2 Å². The molecule has 0 heterocycles. The van der Waals surface area contributed by atoms with Crippen molar-refractivity contribution in [3.05, 3.63) is 28.8 Å². The molecule has 1 saturated carbocycles. The molecule has 0 radical (unpaired) electrons. The van der Waals surface area contributed by atoms with Crippen LogP contribution < -0.4 is 4.72 Å². The maximum atomic E-state index is 12.3. The highest BCUT2D eigenvalue weighted by Crippen LogP contribution is 2.27. The molecule has 0 aliphatic heterocycles. The predicted molar refractivity (Wildman–Crippen MR) is 76.9 cm³/mol. The second kappa shape index (κ2) is 6.31. The summed E-state index contributed by atoms with van der Waals surface area (Å²) in [6, 6.07) is 3.19. The first-order chi connectivity index (χ1) is 9.85. The number of aromatic carboxylic acids is 1. The lowest BCUT2D eigenvalue weighted by Gasteiger charge is -2.19. The second-order valence-electron chi connectivity index (χ2n) is 5.05. The molecule has 0 spiro atoms. The quantitative estimate of drug-likeness (QED) is 0.757. The van der Waals surface area contributed by atoms with Gasteiger partial charge >= 0.3 is 5.97 Å². The van der Waals surface area contributed by atoms with Crippen molar-refractivity contribution in [1.29, 1.82) is 0 Å². The van der Waals surface area contributed by atoms with Gasteiger partial charge in [-0.25, -0.2) is 17.9 Å². The summed E-state index contributed by atoms with van der Waals surface area (Å²) in [7, 11) is -3.79. The van der Waals surface area contributed by atoms with Gasteiger partial charge in [0.05, 0.1) is 15.5 Å². The smallest absolute Gasteiger partial charge is 0.337 e. The summed E-state index contributed by atoms with van der Waals surface area (Å²) in [5.41, 5.74) is -0.148. The standard InChI is InChI=1S/C13H16ClNO5S/c14-11-6-9(4-5-10(11)13(17)18)21(19,20)15-12-3-1-2-8(12)7-16/h4-6,8,12,15-16H,1-3,7H2,(H,17,18). The Bertz CT molecular complexity index is 646. The number of carboxylic acids is 1. The lowest BCUT2D eigenvalue weighted by Crippen LogP contribution is -2.38. The van der Waals surface area contributed by atoms with Crippen molar-refractivity contribution >= 4 is 27.6 Å². The lowest BCUT2D eigenvalue weighted by atomic mass is 10.1. The number of sulfonamides is 1. The van der Waals surface area contributed by atoms with Gasteiger partial charge in [0.2, 0.25) is 10.0 Å². The summed E-state index contributed by atoms with van der Waals surface area (Å²) in [5, 5.41) is 18.0. The Balaban J connectivity index is 2.23. The number of halogens is 1. The first-order valence-corrected chi connectivity index (χ1v) is 8.37. The maximum Gasteiger partial charge on any atom is 0.337 e. The third kappa shape index (κ3) is 3.55. The monoisotopic (exact) mass is 333 g/mol. The highest BCUT2D eigenvalue weighted by atomic mass is 35.5. The topological polar surface area (TPSA) is 104 Å². The van der Waals surface area contributed by atoms with E-state index in [-0.39, 0.29) is 34.0 Å². The summed E-state index contributed by atoms with van der Waals surface area (Å²) in [5.74, 6) is -1.30. The first kappa shape index (κ1) is 16.2. The molecule has 2 rings (SSSR count). The average molecular weight is 334 g/mol. The number of carbonyl (C=O) groups is 1. The fraction of sp³-hybridized carbons (Fsp3) is 0.462. The van der Waals surface area contributed by atoms with Crippen LogP contribution in [0.2, 0.25) is 5.02 Å². The van der Waals surface area contributed by atoms with Crippen LogP contribution in [0.1, 0.15) is 29.6 Å². The van der Waals surface area contributed by atoms with Gasteiger partial charge < -0.3 is 10.2 Å². The zero-order valence-electron chi connectivity index (χ0n) is 11.1. The van der Waals surface area contributed by atoms with Crippen LogP contribution in [0.5, 0.6) is 0 Å². The summed E-state index contributed by atoms with van der Waals surface area (Å²) < 4.78 is 27.1. The minimum Gasteiger partial charge on any atom is -0.478 e. The van der Waals surface area contributed by atoms with E-state index in [0.29, 0.717) is 6.42 Å². The van der Waals surface area contributed by atoms with E-state index in [9.17, 15) is 18.3 Å². The fourth-order valence-corrected chi connectivity index (χ4v) is 4.21. The van der Waals surface area contributed by atoms with Gasteiger partial charge in [-0.2, -0.15) is 0 Å². The fourth-order valence-electron chi connectivity index (χ4n) is 2.51. The molecule has 21 heavy (non-hydrogen) atoms. The minimum atomic E-state index is -3.79. The van der Waals surface area contributed by atoms with Gasteiger partial charge in [-0.3, -0.25) is 0 Å². The molecule has 1 aliphatic carbocycles. The Morgan fingerprint density at radius 1 is 1.38 bits per heavy atom. The van der Waals surface area contributed by atoms with E-state index in [1.807, 2.05) is 0 Å². The maximum absolute atomic E-state index is 12.3. The number of hydrogen-bond donors (Lipinski definition) is 3. The van der Waals surface area contributed by atoms with Crippen LogP contribution in [0.15, 0.2) is 23.1 Å². The van der Waals surface area contributed by atoms with Gasteiger partial charge in [0.15, 0.2) is 0 Å². The average Bonchev–Trinajstić information content (AvgIpc) is 2.84. The van der Waals surface area contributed by atoms with Gasteiger partial charge in [0.25, 0.3) is 0 Å². The van der Waals surface area contributed by atoms with Gasteiger partial charge in [0.1, 0.15) is 0 Å². The van der Waals surface area contributed by atoms with Crippen molar-refractivity contribution in [2.24, 2.45) is 5.92 Å². The Labute approximate surface area is 127 Å². The molecule has 0 saturated heterocycles. The Morgan fingerprint density at radius 3 is 2.67 bits per heavy atom. The summed E-state index contributed by atoms with van der Waals surface area (Å²) in [6.07, 6.45) is 2.31. The zero-order valence-corrected chi connectivity index (χ0v) is 12.7. The molecule has 2 unspecified atom stereocenters. The van der Waals surface area contributed by atoms with E-state index in [4.69, 9.17) is 16.7 Å². The molecule has 3 N–H and O–H groups in total. The van der Waals surface area contributed by atoms with Crippen molar-refractivity contribution in [3.8, 4) is 0 Å². The molecule has 0 amide bonds. The molecule has 0 aromatic heterocycles. The number of hydrogen-bond acceptors (Lipinski definition) is 4. The van der Waals surface area contributed by atoms with E-state index < -0.39 is 16.0 Å². The SMILES string of the molecule is O=C(O)c1ccc(S(=O)(=O)NC2CCCC2CO)cc1Cl. The van der Waals surface area contributed by atoms with E-state index in [1.54, 1.807) is 0 Å². The number of nitrogens with one attached hydrogen (secondary N) is 1. The highest BCUT2D eigenvalue weighted by Gasteiger charge is 2.31. The molecule has 6 nitrogen and oxygen atoms in total. The van der Waals surface area contributed by atoms with Gasteiger partial charge in [-0.1, -0.05) is 18.0 Å². The third-order valence-electron chi connectivity index (χ3n) is 3.68. The molecule has 1 aromatic carbocycles. The minimum absolute atomic E-state index is 0.0636. The molecular weight excluding hydrogens is 318 g/mol. The van der Waals surface area contributed by atoms with Crippen molar-refractivity contribution in [2.75, 3.05) is 6.61 Å². The molecule has 2 atom stereocenters. The van der Waals surface area contributed by atoms with Gasteiger partial charge in [0, 0.05) is 12.6 Å². The summed E-state index contributed by atoms with van der Waals surface area (Å²) in [4.78, 5) is 10.8. The van der Waals surface area contributed by atoms with Crippen molar-refractivity contribution < 1.29 is 23.4 Å². The van der Waals surface area contributed by atoms with Crippen molar-refractivity contribution in [1.82, 2.24) is 4.72 Å². The Kier molecular flexibility index (Phi) is 4.88. The molecule has 1 aromatic rings. The Morgan fingerprint density at radius 2 is 2.10 bits per heavy atom. The van der Waals surface area contributed by atoms with Crippen LogP contribution in [0, 0.1) is 5.92 Å². The normalized spacial score (nSPS) is 22.4. The largest absolute Gasteiger partial charge is 0.478 e. The third-order valence-corrected chi connectivity index (χ3v) is 5.48. The van der Waals surface area contributed by atoms with E-state index in [0.717, 1.165) is 25.0 Å². The van der Waals surface area contributed by atoms with E-state index in [2.05, 4.69) is 4.72 Å². The molecular formula is C13H16ClNO5S. The first-order valence-electron chi connectivity index (χ1n) is 6.51. The van der Waals surface area contributed by atoms with Crippen LogP contribution in [0.25, 0.3) is 0 Å². The van der Waals surface area contributed by atoms with Crippen LogP contribution in [0.4, 0.5) is 0 Å². The van der Waals surface area contributed by atoms with Crippen LogP contribution in [-0.2, 0) is 10.0 Å². The van der Waals surface area contributed by atoms with Gasteiger partial charge in [-0.15, -0.1) is 0 Å². The molecule has 1 aliphatic rings. The van der Waals surface area contributed by atoms with E-state index in [1.165, 1.54) is 6.07 Å². The molecule has 116 valence electrons. The number of benzene rings is 1. The van der Waals surface area contributed by atoms with Crippen molar-refractivity contribution in [3.63, 3.8) is 0 Å². The number of aliphatic hydroxyl groups excluding tert-OH is 1. The number of aliphatic hydroxyl groups is 1. The summed E-state index contributed by atoms with van der Waals surface area (Å²) in [6.45, 7) is -0.0636. The Hall–Kier alpha value is -1.15.